The van der Waals surface area contributed by atoms with Gasteiger partial charge < -0.3 is 18.9 Å². The fourth-order valence-corrected chi connectivity index (χ4v) is 3.10. The molecule has 0 atom stereocenters. The summed E-state index contributed by atoms with van der Waals surface area (Å²) < 4.78 is 49.2. The summed E-state index contributed by atoms with van der Waals surface area (Å²) in [6, 6.07) is 3.69. The zero-order valence-electron chi connectivity index (χ0n) is 15.0. The van der Waals surface area contributed by atoms with Crippen LogP contribution in [-0.4, -0.2) is 32.7 Å². The Morgan fingerprint density at radius 2 is 1.69 bits per heavy atom. The number of ether oxygens (including phenoxy) is 4. The predicted octanol–water partition coefficient (Wildman–Crippen LogP) is 4.36. The van der Waals surface area contributed by atoms with Gasteiger partial charge in [-0.15, -0.1) is 0 Å². The summed E-state index contributed by atoms with van der Waals surface area (Å²) in [7, 11) is 0. The van der Waals surface area contributed by atoms with E-state index in [0.29, 0.717) is 37.9 Å². The molecule has 0 aliphatic carbocycles. The molecule has 2 heterocycles. The van der Waals surface area contributed by atoms with E-state index in [2.05, 4.69) is 19.1 Å². The first-order valence-electron chi connectivity index (χ1n) is 9.23. The third-order valence-corrected chi connectivity index (χ3v) is 4.63. The Hall–Kier alpha value is -1.34. The summed E-state index contributed by atoms with van der Waals surface area (Å²) in [5, 5.41) is 0. The summed E-state index contributed by atoms with van der Waals surface area (Å²) in [6.07, 6.45) is 6.14. The largest absolute Gasteiger partial charge is 0.352 e. The second-order valence-corrected chi connectivity index (χ2v) is 6.81. The van der Waals surface area contributed by atoms with Crippen LogP contribution in [0.2, 0.25) is 0 Å². The molecule has 0 aromatic heterocycles. The SMILES string of the molecule is CC/C=C/C1COC(CC[C@H]2CO[C@H](c3ccc(F)c(F)c3)OC2)OC1. The van der Waals surface area contributed by atoms with Gasteiger partial charge >= 0.3 is 0 Å². The number of halogens is 2. The van der Waals surface area contributed by atoms with E-state index in [0.717, 1.165) is 31.4 Å². The number of hydrogen-bond donors (Lipinski definition) is 0. The summed E-state index contributed by atoms with van der Waals surface area (Å²) in [4.78, 5) is 0. The molecule has 0 spiro atoms. The molecule has 2 saturated heterocycles. The average Bonchev–Trinajstić information content (AvgIpc) is 2.68. The van der Waals surface area contributed by atoms with Crippen LogP contribution in [0.5, 0.6) is 0 Å². The molecular formula is C20H26F2O4. The molecule has 6 heteroatoms. The highest BCUT2D eigenvalue weighted by Gasteiger charge is 2.26. The van der Waals surface area contributed by atoms with Crippen LogP contribution in [0.15, 0.2) is 30.4 Å². The van der Waals surface area contributed by atoms with Crippen molar-refractivity contribution in [2.75, 3.05) is 26.4 Å². The topological polar surface area (TPSA) is 36.9 Å². The van der Waals surface area contributed by atoms with Crippen LogP contribution in [-0.2, 0) is 18.9 Å². The maximum atomic E-state index is 13.3. The number of rotatable bonds is 6. The molecule has 26 heavy (non-hydrogen) atoms. The van der Waals surface area contributed by atoms with E-state index >= 15 is 0 Å². The lowest BCUT2D eigenvalue weighted by Crippen LogP contribution is -2.33. The first-order chi connectivity index (χ1) is 12.7. The maximum Gasteiger partial charge on any atom is 0.183 e. The van der Waals surface area contributed by atoms with Crippen molar-refractivity contribution in [3.05, 3.63) is 47.5 Å². The van der Waals surface area contributed by atoms with Gasteiger partial charge in [0.1, 0.15) is 0 Å². The van der Waals surface area contributed by atoms with Gasteiger partial charge in [-0.1, -0.05) is 25.1 Å². The standard InChI is InChI=1S/C20H26F2O4/c1-2-3-4-14-10-23-19(24-11-14)8-5-15-12-25-20(26-13-15)16-6-7-17(21)18(22)9-16/h3-4,6-7,9,14-15,19-20H,2,5,8,10-13H2,1H3/b4-3+/t14?,15-,19?,20-. The highest BCUT2D eigenvalue weighted by molar-refractivity contribution is 5.19. The molecular weight excluding hydrogens is 342 g/mol. The molecule has 1 aromatic carbocycles. The van der Waals surface area contributed by atoms with Crippen LogP contribution < -0.4 is 0 Å². The van der Waals surface area contributed by atoms with Crippen LogP contribution in [0, 0.1) is 23.5 Å². The first kappa shape index (κ1) is 19.4. The van der Waals surface area contributed by atoms with Crippen molar-refractivity contribution in [3.63, 3.8) is 0 Å². The molecule has 0 amide bonds. The molecule has 1 aromatic rings. The van der Waals surface area contributed by atoms with Crippen molar-refractivity contribution in [2.45, 2.75) is 38.8 Å². The normalized spacial score (nSPS) is 30.0. The van der Waals surface area contributed by atoms with Gasteiger partial charge in [-0.3, -0.25) is 0 Å². The van der Waals surface area contributed by atoms with Gasteiger partial charge in [0.05, 0.1) is 26.4 Å². The minimum Gasteiger partial charge on any atom is -0.352 e. The highest BCUT2D eigenvalue weighted by Crippen LogP contribution is 2.28. The van der Waals surface area contributed by atoms with Crippen molar-refractivity contribution in [2.24, 2.45) is 11.8 Å². The van der Waals surface area contributed by atoms with Crippen LogP contribution in [0.3, 0.4) is 0 Å². The van der Waals surface area contributed by atoms with E-state index in [1.165, 1.54) is 6.07 Å². The second-order valence-electron chi connectivity index (χ2n) is 6.81. The van der Waals surface area contributed by atoms with Crippen molar-refractivity contribution in [1.29, 1.82) is 0 Å². The Morgan fingerprint density at radius 3 is 2.35 bits per heavy atom. The van der Waals surface area contributed by atoms with Crippen LogP contribution >= 0.6 is 0 Å². The van der Waals surface area contributed by atoms with Crippen molar-refractivity contribution in [3.8, 4) is 0 Å². The van der Waals surface area contributed by atoms with Gasteiger partial charge in [-0.05, 0) is 31.4 Å². The van der Waals surface area contributed by atoms with Crippen LogP contribution in [0.25, 0.3) is 0 Å². The van der Waals surface area contributed by atoms with Crippen molar-refractivity contribution >= 4 is 0 Å². The summed E-state index contributed by atoms with van der Waals surface area (Å²) in [5.74, 6) is -1.19. The number of hydrogen-bond acceptors (Lipinski definition) is 4. The average molecular weight is 368 g/mol. The third-order valence-electron chi connectivity index (χ3n) is 4.63. The Morgan fingerprint density at radius 1 is 0.962 bits per heavy atom. The molecule has 0 radical (unpaired) electrons. The van der Waals surface area contributed by atoms with E-state index in [1.807, 2.05) is 0 Å². The van der Waals surface area contributed by atoms with Gasteiger partial charge in [0.2, 0.25) is 0 Å². The van der Waals surface area contributed by atoms with Crippen LogP contribution in [0.1, 0.15) is 38.0 Å². The molecule has 2 fully saturated rings. The Kier molecular flexibility index (Phi) is 7.14. The van der Waals surface area contributed by atoms with Crippen molar-refractivity contribution in [1.82, 2.24) is 0 Å². The lowest BCUT2D eigenvalue weighted by Gasteiger charge is -2.32. The lowest BCUT2D eigenvalue weighted by atomic mass is 10.0. The van der Waals surface area contributed by atoms with E-state index in [1.54, 1.807) is 0 Å². The minimum absolute atomic E-state index is 0.176. The number of allylic oxidation sites excluding steroid dienone is 1. The van der Waals surface area contributed by atoms with Gasteiger partial charge in [-0.2, -0.15) is 0 Å². The molecule has 0 N–H and O–H groups in total. The molecule has 0 saturated carbocycles. The quantitative estimate of drug-likeness (QED) is 0.699. The molecule has 0 unspecified atom stereocenters. The molecule has 0 bridgehead atoms. The molecule has 3 rings (SSSR count). The van der Waals surface area contributed by atoms with Gasteiger partial charge in [0.15, 0.2) is 24.2 Å². The monoisotopic (exact) mass is 368 g/mol. The lowest BCUT2D eigenvalue weighted by molar-refractivity contribution is -0.217. The Bertz CT molecular complexity index is 591. The smallest absolute Gasteiger partial charge is 0.183 e. The van der Waals surface area contributed by atoms with E-state index in [9.17, 15) is 8.78 Å². The fourth-order valence-electron chi connectivity index (χ4n) is 3.10. The Labute approximate surface area is 153 Å². The molecule has 4 nitrogen and oxygen atoms in total. The van der Waals surface area contributed by atoms with E-state index < -0.39 is 17.9 Å². The summed E-state index contributed by atoms with van der Waals surface area (Å²) in [5.41, 5.74) is 0.493. The van der Waals surface area contributed by atoms with E-state index in [-0.39, 0.29) is 12.2 Å². The zero-order valence-corrected chi connectivity index (χ0v) is 15.0. The first-order valence-corrected chi connectivity index (χ1v) is 9.23. The fraction of sp³-hybridized carbons (Fsp3) is 0.600. The predicted molar refractivity (Wildman–Crippen MR) is 92.3 cm³/mol. The maximum absolute atomic E-state index is 13.3. The summed E-state index contributed by atoms with van der Waals surface area (Å²) >= 11 is 0. The minimum atomic E-state index is -0.893. The van der Waals surface area contributed by atoms with Gasteiger partial charge in [-0.25, -0.2) is 8.78 Å². The van der Waals surface area contributed by atoms with Gasteiger partial charge in [0, 0.05) is 17.4 Å². The molecule has 2 aliphatic rings. The second kappa shape index (κ2) is 9.55. The summed E-state index contributed by atoms with van der Waals surface area (Å²) in [6.45, 7) is 4.51. The highest BCUT2D eigenvalue weighted by atomic mass is 19.2. The van der Waals surface area contributed by atoms with E-state index in [4.69, 9.17) is 18.9 Å². The number of benzene rings is 1. The zero-order chi connectivity index (χ0) is 18.4. The Balaban J connectivity index is 1.37. The van der Waals surface area contributed by atoms with Crippen LogP contribution in [0.4, 0.5) is 8.78 Å². The third kappa shape index (κ3) is 5.33. The van der Waals surface area contributed by atoms with Crippen molar-refractivity contribution < 1.29 is 27.7 Å². The van der Waals surface area contributed by atoms with Gasteiger partial charge in [0.25, 0.3) is 0 Å². The molecule has 2 aliphatic heterocycles. The molecule has 144 valence electrons.